The number of hydrogen-bond donors (Lipinski definition) is 0. The fourth-order valence-electron chi connectivity index (χ4n) is 4.71. The smallest absolute Gasteiger partial charge is 0.244 e. The van der Waals surface area contributed by atoms with Gasteiger partial charge in [-0.15, -0.1) is 0 Å². The molecule has 0 bridgehead atoms. The minimum Gasteiger partial charge on any atom is -0.244 e. The summed E-state index contributed by atoms with van der Waals surface area (Å²) in [5, 5.41) is 0. The average Bonchev–Trinajstić information content (AvgIpc) is 3.27. The summed E-state index contributed by atoms with van der Waals surface area (Å²) in [5.74, 6) is -5.48. The molecule has 0 amide bonds. The second-order valence-electron chi connectivity index (χ2n) is 26.7. The standard InChI is InChI=1S/C8H17F.C7H13F3.C7H12F2.C7H15F.C6H8F6.C6H13F.C5H9F3.2C5H12.C4H7F3.C4H10/c1-4-6-8(3,9)7-5-2;1-4-6(2,3)5-7(8,9)10;1-6-2-4-7(8,9)5-3-6;1-5-7(4,8)6(2)3;1-2-3-4(5(7,8)9)6(10,11)12;1-4-6(3,7)5-2;1-3-4(2)5(6,7)8;1-5(2,3)4;1-4-5(2)3;1-3(2)4(5,6)7;1-4(2)3/h4-7H2,1-3H3;4-5H2,1-3H3;6H,2-5H2,1H3;6H,5H2,1-4H3;4H,2-3H2,1H3;4-5H2,1-3H3;4H,3H2,1-2H3;1-4H3;5H,4H2,1-3H3;3H,1-2H3;4H,1-3H3/t;;;7-;;;;;;;/m...0......./s1. The van der Waals surface area contributed by atoms with Gasteiger partial charge in [0.25, 0.3) is 0 Å². The Balaban J connectivity index is -0.0000000906. The van der Waals surface area contributed by atoms with Crippen LogP contribution in [0.25, 0.3) is 0 Å². The minimum absolute atomic E-state index is 0.105. The van der Waals surface area contributed by atoms with Crippen LogP contribution < -0.4 is 0 Å². The highest BCUT2D eigenvalue weighted by molar-refractivity contribution is 4.77. The maximum Gasteiger partial charge on any atom is 0.400 e. The van der Waals surface area contributed by atoms with Crippen molar-refractivity contribution in [1.29, 1.82) is 0 Å². The monoisotopic (exact) mass is 1280 g/mol. The van der Waals surface area contributed by atoms with E-state index in [0.29, 0.717) is 62.7 Å². The van der Waals surface area contributed by atoms with Gasteiger partial charge in [-0.25, -0.2) is 22.0 Å². The Kier molecular flexibility index (Phi) is 62.6. The summed E-state index contributed by atoms with van der Waals surface area (Å²) in [6.07, 6.45) is -15.2. The third kappa shape index (κ3) is 94.3. The second-order valence-corrected chi connectivity index (χ2v) is 26.7. The van der Waals surface area contributed by atoms with Crippen molar-refractivity contribution in [2.75, 3.05) is 0 Å². The molecule has 0 aliphatic heterocycles. The summed E-state index contributed by atoms with van der Waals surface area (Å²) in [6, 6.07) is 0. The molecule has 0 heterocycles. The number of rotatable bonds is 14. The lowest BCUT2D eigenvalue weighted by Crippen LogP contribution is -2.36. The van der Waals surface area contributed by atoms with Gasteiger partial charge in [-0.2, -0.15) is 65.9 Å². The molecule has 20 heteroatoms. The lowest BCUT2D eigenvalue weighted by atomic mass is 9.86. The van der Waals surface area contributed by atoms with E-state index in [2.05, 4.69) is 69.2 Å². The molecule has 0 nitrogen and oxygen atoms in total. The van der Waals surface area contributed by atoms with Gasteiger partial charge in [-0.1, -0.05) is 212 Å². The van der Waals surface area contributed by atoms with E-state index in [1.54, 1.807) is 41.5 Å². The molecule has 0 saturated heterocycles. The molecule has 1 aliphatic carbocycles. The van der Waals surface area contributed by atoms with Crippen LogP contribution in [0.15, 0.2) is 0 Å². The second kappa shape index (κ2) is 50.4. The molecule has 84 heavy (non-hydrogen) atoms. The summed E-state index contributed by atoms with van der Waals surface area (Å²) in [4.78, 5) is 0. The lowest BCUT2D eigenvalue weighted by Gasteiger charge is -2.25. The van der Waals surface area contributed by atoms with Crippen LogP contribution in [0.3, 0.4) is 0 Å². The quantitative estimate of drug-likeness (QED) is 0.152. The van der Waals surface area contributed by atoms with Crippen molar-refractivity contribution >= 4 is 0 Å². The Bertz CT molecular complexity index is 1330. The Morgan fingerprint density at radius 3 is 0.798 bits per heavy atom. The zero-order valence-corrected chi connectivity index (χ0v) is 58.1. The van der Waals surface area contributed by atoms with Crippen LogP contribution in [-0.4, -0.2) is 53.8 Å². The molecular formula is C64H128F20. The van der Waals surface area contributed by atoms with E-state index in [1.807, 2.05) is 55.4 Å². The van der Waals surface area contributed by atoms with Crippen LogP contribution >= 0.6 is 0 Å². The molecule has 0 aromatic rings. The summed E-state index contributed by atoms with van der Waals surface area (Å²) in [7, 11) is 0. The fraction of sp³-hybridized carbons (Fsp3) is 1.00. The van der Waals surface area contributed by atoms with Crippen LogP contribution in [0.5, 0.6) is 0 Å². The Morgan fingerprint density at radius 1 is 0.417 bits per heavy atom. The van der Waals surface area contributed by atoms with Crippen molar-refractivity contribution < 1.29 is 87.8 Å². The van der Waals surface area contributed by atoms with Gasteiger partial charge < -0.3 is 0 Å². The zero-order chi connectivity index (χ0) is 70.6. The highest BCUT2D eigenvalue weighted by Crippen LogP contribution is 2.42. The van der Waals surface area contributed by atoms with Gasteiger partial charge in [0, 0.05) is 25.2 Å². The van der Waals surface area contributed by atoms with E-state index in [4.69, 9.17) is 0 Å². The highest BCUT2D eigenvalue weighted by atomic mass is 19.4. The maximum atomic E-state index is 13.1. The molecule has 0 aromatic heterocycles. The van der Waals surface area contributed by atoms with E-state index in [-0.39, 0.29) is 31.6 Å². The Morgan fingerprint density at radius 2 is 0.714 bits per heavy atom. The lowest BCUT2D eigenvalue weighted by molar-refractivity contribution is -0.285. The van der Waals surface area contributed by atoms with Gasteiger partial charge in [0.1, 0.15) is 17.0 Å². The van der Waals surface area contributed by atoms with Gasteiger partial charge in [0.15, 0.2) is 5.92 Å². The molecule has 2 atom stereocenters. The maximum absolute atomic E-state index is 13.1. The van der Waals surface area contributed by atoms with Crippen molar-refractivity contribution in [3.05, 3.63) is 0 Å². The first kappa shape index (κ1) is 104. The molecular weight excluding hydrogens is 1150 g/mol. The minimum atomic E-state index is -5.17. The number of hydrogen-bond acceptors (Lipinski definition) is 0. The van der Waals surface area contributed by atoms with Crippen molar-refractivity contribution in [3.8, 4) is 0 Å². The predicted molar refractivity (Wildman–Crippen MR) is 319 cm³/mol. The largest absolute Gasteiger partial charge is 0.400 e. The molecule has 1 fully saturated rings. The van der Waals surface area contributed by atoms with Crippen LogP contribution in [0, 0.1) is 52.3 Å². The third-order valence-electron chi connectivity index (χ3n) is 12.6. The molecule has 0 aromatic carbocycles. The zero-order valence-electron chi connectivity index (χ0n) is 58.1. The molecule has 1 aliphatic rings. The number of halogens is 20. The van der Waals surface area contributed by atoms with Crippen molar-refractivity contribution in [2.24, 2.45) is 52.3 Å². The summed E-state index contributed by atoms with van der Waals surface area (Å²) in [5.41, 5.74) is -2.87. The van der Waals surface area contributed by atoms with Gasteiger partial charge in [-0.05, 0) is 113 Å². The van der Waals surface area contributed by atoms with Crippen molar-refractivity contribution in [2.45, 2.75) is 364 Å². The first-order valence-electron chi connectivity index (χ1n) is 30.5. The van der Waals surface area contributed by atoms with E-state index in [0.717, 1.165) is 38.5 Å². The Hall–Kier alpha value is -1.40. The molecule has 0 N–H and O–H groups in total. The molecule has 0 spiro atoms. The fourth-order valence-corrected chi connectivity index (χ4v) is 4.71. The topological polar surface area (TPSA) is 0 Å². The first-order chi connectivity index (χ1) is 36.7. The molecule has 1 rings (SSSR count). The summed E-state index contributed by atoms with van der Waals surface area (Å²) >= 11 is 0. The van der Waals surface area contributed by atoms with Gasteiger partial charge in [-0.3, -0.25) is 0 Å². The Labute approximate surface area is 502 Å². The summed E-state index contributed by atoms with van der Waals surface area (Å²) < 4.78 is 237. The predicted octanol–water partition coefficient (Wildman–Crippen LogP) is 28.9. The molecule has 1 unspecified atom stereocenters. The molecule has 0 radical (unpaired) electrons. The van der Waals surface area contributed by atoms with Crippen LogP contribution in [0.2, 0.25) is 0 Å². The highest BCUT2D eigenvalue weighted by Gasteiger charge is 2.55. The third-order valence-corrected chi connectivity index (χ3v) is 12.6. The van der Waals surface area contributed by atoms with Crippen molar-refractivity contribution in [1.82, 2.24) is 0 Å². The molecule has 1 saturated carbocycles. The van der Waals surface area contributed by atoms with Gasteiger partial charge >= 0.3 is 30.9 Å². The SMILES string of the molecule is CC(C)(C)C.CC(C)C.CC(C)C(F)(F)F.CC1CCC(F)(F)CC1.CCC(C)(C)CC(F)(F)F.CCC(C)(F)CC.CCC(C)C.CCC(C)C(F)(F)F.CCCC(C(F)(F)F)C(F)(F)F.CCCC(C)(F)CCC.CC[C@](C)(F)C(C)C. The van der Waals surface area contributed by atoms with Crippen LogP contribution in [0.4, 0.5) is 87.8 Å². The molecule has 524 valence electrons. The van der Waals surface area contributed by atoms with E-state index >= 15 is 0 Å². The average molecular weight is 1280 g/mol. The van der Waals surface area contributed by atoms with Crippen LogP contribution in [0.1, 0.15) is 310 Å². The first-order valence-corrected chi connectivity index (χ1v) is 30.5. The van der Waals surface area contributed by atoms with Crippen molar-refractivity contribution in [3.63, 3.8) is 0 Å². The van der Waals surface area contributed by atoms with Crippen LogP contribution in [-0.2, 0) is 0 Å². The van der Waals surface area contributed by atoms with E-state index in [9.17, 15) is 87.8 Å². The van der Waals surface area contributed by atoms with E-state index in [1.165, 1.54) is 27.2 Å². The van der Waals surface area contributed by atoms with Gasteiger partial charge in [0.2, 0.25) is 5.92 Å². The normalized spacial score (nSPS) is 15.1. The van der Waals surface area contributed by atoms with E-state index < -0.39 is 89.8 Å². The van der Waals surface area contributed by atoms with Gasteiger partial charge in [0.05, 0.1) is 5.92 Å². The summed E-state index contributed by atoms with van der Waals surface area (Å²) in [6.45, 7) is 53.6. The number of alkyl halides is 20.